The van der Waals surface area contributed by atoms with Crippen molar-refractivity contribution in [2.24, 2.45) is 5.92 Å². The Hall–Kier alpha value is -2.35. The molecular formula is C26H27F6NO. The molecule has 1 saturated heterocycles. The van der Waals surface area contributed by atoms with Gasteiger partial charge in [-0.3, -0.25) is 4.79 Å². The van der Waals surface area contributed by atoms with Crippen molar-refractivity contribution in [3.8, 4) is 11.1 Å². The molecule has 5 rings (SSSR count). The number of alkyl halides is 6. The molecule has 0 spiro atoms. The van der Waals surface area contributed by atoms with Crippen molar-refractivity contribution >= 4 is 6.29 Å². The van der Waals surface area contributed by atoms with Gasteiger partial charge in [0.05, 0.1) is 5.56 Å². The van der Waals surface area contributed by atoms with Crippen LogP contribution in [0.4, 0.5) is 26.3 Å². The monoisotopic (exact) mass is 483 g/mol. The van der Waals surface area contributed by atoms with Crippen LogP contribution in [0, 0.1) is 5.92 Å². The maximum absolute atomic E-state index is 12.9. The molecule has 0 aromatic heterocycles. The molecule has 2 aliphatic carbocycles. The number of rotatable bonds is 1. The van der Waals surface area contributed by atoms with Crippen LogP contribution in [0.5, 0.6) is 0 Å². The number of likely N-dealkylation sites (tertiary alicyclic amines) is 1. The Morgan fingerprint density at radius 2 is 1.59 bits per heavy atom. The molecule has 34 heavy (non-hydrogen) atoms. The number of carbonyl (C=O) groups excluding carboxylic acids is 1. The molecule has 1 aliphatic heterocycles. The number of hydrogen-bond donors (Lipinski definition) is 0. The van der Waals surface area contributed by atoms with Gasteiger partial charge in [0.2, 0.25) is 6.29 Å². The van der Waals surface area contributed by atoms with E-state index in [9.17, 15) is 26.3 Å². The third-order valence-electron chi connectivity index (χ3n) is 7.79. The van der Waals surface area contributed by atoms with E-state index < -0.39 is 24.2 Å². The second-order valence-corrected chi connectivity index (χ2v) is 9.62. The van der Waals surface area contributed by atoms with E-state index in [0.29, 0.717) is 6.04 Å². The highest BCUT2D eigenvalue weighted by molar-refractivity contribution is 5.66. The first-order valence-electron chi connectivity index (χ1n) is 11.5. The van der Waals surface area contributed by atoms with E-state index >= 15 is 0 Å². The van der Waals surface area contributed by atoms with Gasteiger partial charge in [-0.25, -0.2) is 0 Å². The van der Waals surface area contributed by atoms with Crippen LogP contribution in [0.25, 0.3) is 11.1 Å². The largest absolute Gasteiger partial charge is 0.446 e. The van der Waals surface area contributed by atoms with Crippen molar-refractivity contribution in [3.63, 3.8) is 0 Å². The molecular weight excluding hydrogens is 456 g/mol. The maximum Gasteiger partial charge on any atom is 0.446 e. The van der Waals surface area contributed by atoms with E-state index in [1.165, 1.54) is 55.4 Å². The van der Waals surface area contributed by atoms with Crippen LogP contribution in [0.15, 0.2) is 42.5 Å². The molecule has 0 radical (unpaired) electrons. The molecule has 1 unspecified atom stereocenters. The summed E-state index contributed by atoms with van der Waals surface area (Å²) in [4.78, 5) is 11.3. The summed E-state index contributed by atoms with van der Waals surface area (Å²) in [5, 5.41) is 0. The van der Waals surface area contributed by atoms with Gasteiger partial charge in [-0.05, 0) is 79.6 Å². The second kappa shape index (κ2) is 9.02. The Morgan fingerprint density at radius 1 is 0.941 bits per heavy atom. The summed E-state index contributed by atoms with van der Waals surface area (Å²) in [6, 6.07) is 12.9. The minimum atomic E-state index is -4.64. The van der Waals surface area contributed by atoms with Crippen molar-refractivity contribution in [2.75, 3.05) is 13.6 Å². The molecule has 0 N–H and O–H groups in total. The van der Waals surface area contributed by atoms with E-state index in [0.717, 1.165) is 30.0 Å². The average molecular weight is 483 g/mol. The molecule has 0 amide bonds. The molecule has 1 saturated carbocycles. The van der Waals surface area contributed by atoms with Gasteiger partial charge in [0.25, 0.3) is 0 Å². The first-order valence-corrected chi connectivity index (χ1v) is 11.5. The van der Waals surface area contributed by atoms with Gasteiger partial charge in [-0.1, -0.05) is 43.2 Å². The smallest absolute Gasteiger partial charge is 0.303 e. The molecule has 2 aromatic rings. The summed E-state index contributed by atoms with van der Waals surface area (Å²) in [7, 11) is 2.27. The van der Waals surface area contributed by atoms with Crippen molar-refractivity contribution in [1.29, 1.82) is 0 Å². The molecule has 8 heteroatoms. The van der Waals surface area contributed by atoms with E-state index in [-0.39, 0.29) is 5.41 Å². The van der Waals surface area contributed by atoms with Crippen molar-refractivity contribution < 1.29 is 31.1 Å². The highest BCUT2D eigenvalue weighted by atomic mass is 19.4. The summed E-state index contributed by atoms with van der Waals surface area (Å²) in [5.74, 6) is 0.718. The quantitative estimate of drug-likeness (QED) is 0.328. The Morgan fingerprint density at radius 3 is 2.21 bits per heavy atom. The van der Waals surface area contributed by atoms with Crippen molar-refractivity contribution in [2.45, 2.75) is 62.3 Å². The van der Waals surface area contributed by atoms with Crippen LogP contribution in [-0.4, -0.2) is 37.0 Å². The van der Waals surface area contributed by atoms with Gasteiger partial charge < -0.3 is 4.90 Å². The van der Waals surface area contributed by atoms with Gasteiger partial charge in [-0.2, -0.15) is 26.3 Å². The van der Waals surface area contributed by atoms with Gasteiger partial charge >= 0.3 is 12.4 Å². The van der Waals surface area contributed by atoms with Crippen molar-refractivity contribution in [1.82, 2.24) is 4.90 Å². The van der Waals surface area contributed by atoms with Gasteiger partial charge in [-0.15, -0.1) is 0 Å². The summed E-state index contributed by atoms with van der Waals surface area (Å²) < 4.78 is 69.9. The van der Waals surface area contributed by atoms with E-state index in [1.807, 2.05) is 0 Å². The normalized spacial score (nSPS) is 26.6. The lowest BCUT2D eigenvalue weighted by molar-refractivity contribution is -0.156. The molecule has 184 valence electrons. The van der Waals surface area contributed by atoms with Gasteiger partial charge in [0.1, 0.15) is 0 Å². The molecule has 3 aliphatic rings. The maximum atomic E-state index is 12.9. The number of carbonyl (C=O) groups is 1. The standard InChI is InChI=1S/C24H26F3N.C2HF3O/c1-28-13-12-23-11-3-2-4-20(23)22(28)15-18-6-5-17(14-21(18)23)16-7-9-19(10-8-16)24(25,26)27;3-2(4,5)1-6/h5-10,14,20,22H,2-4,11-13,15H2,1H3;1H/t20-,22+,23?;/m1./s1. The number of halogens is 6. The molecule has 2 fully saturated rings. The topological polar surface area (TPSA) is 20.3 Å². The molecule has 2 bridgehead atoms. The van der Waals surface area contributed by atoms with Gasteiger partial charge in [0.15, 0.2) is 0 Å². The first kappa shape index (κ1) is 24.8. The zero-order valence-electron chi connectivity index (χ0n) is 18.8. The number of hydrogen-bond acceptors (Lipinski definition) is 2. The predicted octanol–water partition coefficient (Wildman–Crippen LogP) is 6.81. The summed E-state index contributed by atoms with van der Waals surface area (Å²) in [5.41, 5.74) is 4.53. The molecule has 2 nitrogen and oxygen atoms in total. The predicted molar refractivity (Wildman–Crippen MR) is 117 cm³/mol. The lowest BCUT2D eigenvalue weighted by atomic mass is 9.52. The Kier molecular flexibility index (Phi) is 6.57. The number of likely N-dealkylation sites (N-methyl/N-ethyl adjacent to an activating group) is 1. The van der Waals surface area contributed by atoms with Crippen LogP contribution in [0.1, 0.15) is 48.8 Å². The van der Waals surface area contributed by atoms with Crippen LogP contribution < -0.4 is 0 Å². The SMILES string of the molecule is CN1CCC23CCCC[C@@H]2[C@@H]1Cc1ccc(-c2ccc(C(F)(F)F)cc2)cc13.O=CC(F)(F)F. The van der Waals surface area contributed by atoms with Crippen LogP contribution in [0.2, 0.25) is 0 Å². The first-order chi connectivity index (χ1) is 15.9. The lowest BCUT2D eigenvalue weighted by Crippen LogP contribution is -2.59. The lowest BCUT2D eigenvalue weighted by Gasteiger charge is -2.58. The van der Waals surface area contributed by atoms with E-state index in [2.05, 4.69) is 30.1 Å². The zero-order chi connectivity index (χ0) is 24.7. The minimum absolute atomic E-state index is 0.269. The third kappa shape index (κ3) is 4.74. The summed E-state index contributed by atoms with van der Waals surface area (Å²) in [6.07, 6.45) is -2.51. The number of nitrogens with zero attached hydrogens (tertiary/aromatic N) is 1. The fourth-order valence-electron chi connectivity index (χ4n) is 6.23. The Balaban J connectivity index is 0.000000408. The Bertz CT molecular complexity index is 1030. The Labute approximate surface area is 195 Å². The van der Waals surface area contributed by atoms with Crippen molar-refractivity contribution in [3.05, 3.63) is 59.2 Å². The number of aldehydes is 1. The van der Waals surface area contributed by atoms with Crippen LogP contribution in [-0.2, 0) is 22.8 Å². The highest BCUT2D eigenvalue weighted by Gasteiger charge is 2.53. The molecule has 2 aromatic carbocycles. The minimum Gasteiger partial charge on any atom is -0.303 e. The summed E-state index contributed by atoms with van der Waals surface area (Å²) in [6.45, 7) is 1.14. The second-order valence-electron chi connectivity index (χ2n) is 9.62. The summed E-state index contributed by atoms with van der Waals surface area (Å²) >= 11 is 0. The van der Waals surface area contributed by atoms with Crippen LogP contribution >= 0.6 is 0 Å². The number of fused-ring (bicyclic) bond motifs is 1. The van der Waals surface area contributed by atoms with E-state index in [4.69, 9.17) is 4.79 Å². The molecule has 3 atom stereocenters. The van der Waals surface area contributed by atoms with E-state index in [1.54, 1.807) is 12.1 Å². The number of piperidine rings is 1. The number of benzene rings is 2. The van der Waals surface area contributed by atoms with Gasteiger partial charge in [0, 0.05) is 11.5 Å². The third-order valence-corrected chi connectivity index (χ3v) is 7.79. The average Bonchev–Trinajstić information content (AvgIpc) is 2.81. The fourth-order valence-corrected chi connectivity index (χ4v) is 6.23. The fraction of sp³-hybridized carbons (Fsp3) is 0.500. The highest BCUT2D eigenvalue weighted by Crippen LogP contribution is 2.56. The molecule has 1 heterocycles. The van der Waals surface area contributed by atoms with Crippen LogP contribution in [0.3, 0.4) is 0 Å². The zero-order valence-corrected chi connectivity index (χ0v) is 18.8.